The number of ketones is 1. The number of carbonyl (C=O) groups excluding carboxylic acids is 1. The minimum absolute atomic E-state index is 0.00836. The van der Waals surface area contributed by atoms with Crippen LogP contribution in [0, 0.1) is 6.92 Å². The molecule has 0 spiro atoms. The molecule has 0 amide bonds. The Hall–Kier alpha value is -3.54. The zero-order valence-corrected chi connectivity index (χ0v) is 19.8. The summed E-state index contributed by atoms with van der Waals surface area (Å²) in [6.45, 7) is 1.84. The summed E-state index contributed by atoms with van der Waals surface area (Å²) < 4.78 is 33.2. The lowest BCUT2D eigenvalue weighted by atomic mass is 10.1. The average molecular weight is 496 g/mol. The average Bonchev–Trinajstić information content (AvgIpc) is 3.28. The van der Waals surface area contributed by atoms with Crippen molar-refractivity contribution in [3.63, 3.8) is 0 Å². The third kappa shape index (κ3) is 6.28. The summed E-state index contributed by atoms with van der Waals surface area (Å²) in [6.07, 6.45) is 6.64. The van der Waals surface area contributed by atoms with Gasteiger partial charge in [-0.3, -0.25) is 9.78 Å². The summed E-state index contributed by atoms with van der Waals surface area (Å²) in [7, 11) is -3.82. The number of nitrogens with one attached hydrogen (secondary N) is 1. The SMILES string of the molecule is Cc1ncc(CCC(=O)c2cnc(CNS(=O)(=O)c3ccc(Oc4ccccc4)nc3)cn2)s1. The first-order valence-corrected chi connectivity index (χ1v) is 12.6. The molecular formula is C23H21N5O4S2. The summed E-state index contributed by atoms with van der Waals surface area (Å²) in [5.41, 5.74) is 0.626. The maximum atomic E-state index is 12.6. The molecule has 3 heterocycles. The van der Waals surface area contributed by atoms with E-state index >= 15 is 0 Å². The topological polar surface area (TPSA) is 124 Å². The van der Waals surface area contributed by atoms with Crippen molar-refractivity contribution in [3.05, 3.63) is 88.5 Å². The van der Waals surface area contributed by atoms with Gasteiger partial charge >= 0.3 is 0 Å². The molecule has 0 fully saturated rings. The van der Waals surface area contributed by atoms with E-state index in [0.717, 1.165) is 9.88 Å². The van der Waals surface area contributed by atoms with Crippen LogP contribution in [0.25, 0.3) is 0 Å². The van der Waals surface area contributed by atoms with Gasteiger partial charge in [-0.05, 0) is 31.5 Å². The number of aryl methyl sites for hydroxylation is 2. The van der Waals surface area contributed by atoms with Gasteiger partial charge in [0.05, 0.1) is 35.8 Å². The van der Waals surface area contributed by atoms with Gasteiger partial charge in [-0.1, -0.05) is 18.2 Å². The van der Waals surface area contributed by atoms with E-state index in [2.05, 4.69) is 24.7 Å². The molecule has 0 unspecified atom stereocenters. The van der Waals surface area contributed by atoms with Gasteiger partial charge in [0.15, 0.2) is 5.78 Å². The Morgan fingerprint density at radius 2 is 1.79 bits per heavy atom. The van der Waals surface area contributed by atoms with E-state index < -0.39 is 10.0 Å². The number of para-hydroxylation sites is 1. The molecule has 0 aliphatic heterocycles. The van der Waals surface area contributed by atoms with E-state index in [0.29, 0.717) is 24.3 Å². The summed E-state index contributed by atoms with van der Waals surface area (Å²) >= 11 is 1.56. The number of nitrogens with zero attached hydrogens (tertiary/aromatic N) is 4. The van der Waals surface area contributed by atoms with E-state index in [4.69, 9.17) is 4.74 Å². The third-order valence-corrected chi connectivity index (χ3v) is 7.05. The van der Waals surface area contributed by atoms with E-state index in [9.17, 15) is 13.2 Å². The van der Waals surface area contributed by atoms with Crippen LogP contribution < -0.4 is 9.46 Å². The van der Waals surface area contributed by atoms with Crippen LogP contribution >= 0.6 is 11.3 Å². The second-order valence-electron chi connectivity index (χ2n) is 7.23. The van der Waals surface area contributed by atoms with E-state index in [1.54, 1.807) is 29.7 Å². The summed E-state index contributed by atoms with van der Waals surface area (Å²) in [6, 6.07) is 12.0. The molecule has 1 N–H and O–H groups in total. The predicted molar refractivity (Wildman–Crippen MR) is 126 cm³/mol. The Morgan fingerprint density at radius 3 is 2.44 bits per heavy atom. The van der Waals surface area contributed by atoms with Crippen LogP contribution in [0.5, 0.6) is 11.6 Å². The van der Waals surface area contributed by atoms with E-state index in [-0.39, 0.29) is 28.8 Å². The second kappa shape index (κ2) is 10.6. The van der Waals surface area contributed by atoms with Crippen LogP contribution in [0.1, 0.15) is 32.5 Å². The van der Waals surface area contributed by atoms with Crippen molar-refractivity contribution in [1.29, 1.82) is 0 Å². The number of benzene rings is 1. The van der Waals surface area contributed by atoms with Gasteiger partial charge in [-0.25, -0.2) is 28.1 Å². The van der Waals surface area contributed by atoms with Crippen molar-refractivity contribution >= 4 is 27.1 Å². The summed E-state index contributed by atoms with van der Waals surface area (Å²) in [5.74, 6) is 0.749. The van der Waals surface area contributed by atoms with E-state index in [1.807, 2.05) is 25.1 Å². The molecule has 0 aliphatic carbocycles. The zero-order chi connectivity index (χ0) is 24.0. The van der Waals surface area contributed by atoms with Gasteiger partial charge in [-0.2, -0.15) is 0 Å². The minimum atomic E-state index is -3.82. The Balaban J connectivity index is 1.31. The molecule has 0 atom stereocenters. The number of ether oxygens (including phenoxy) is 1. The Morgan fingerprint density at radius 1 is 0.971 bits per heavy atom. The maximum absolute atomic E-state index is 12.6. The Kier molecular flexibility index (Phi) is 7.36. The van der Waals surface area contributed by atoms with Gasteiger partial charge < -0.3 is 4.74 Å². The van der Waals surface area contributed by atoms with Crippen molar-refractivity contribution in [3.8, 4) is 11.6 Å². The number of aromatic nitrogens is 4. The lowest BCUT2D eigenvalue weighted by molar-refractivity contribution is 0.0978. The number of rotatable bonds is 10. The molecule has 34 heavy (non-hydrogen) atoms. The van der Waals surface area contributed by atoms with Gasteiger partial charge in [0.2, 0.25) is 15.9 Å². The van der Waals surface area contributed by atoms with Crippen molar-refractivity contribution in [1.82, 2.24) is 24.7 Å². The number of carbonyl (C=O) groups is 1. The smallest absolute Gasteiger partial charge is 0.242 e. The first-order chi connectivity index (χ1) is 16.4. The van der Waals surface area contributed by atoms with Crippen molar-refractivity contribution in [2.75, 3.05) is 0 Å². The molecule has 9 nitrogen and oxygen atoms in total. The Labute approximate surface area is 201 Å². The zero-order valence-electron chi connectivity index (χ0n) is 18.2. The predicted octanol–water partition coefficient (Wildman–Crippen LogP) is 3.72. The molecule has 0 aliphatic rings. The molecule has 174 valence electrons. The van der Waals surface area contributed by atoms with Crippen molar-refractivity contribution in [2.45, 2.75) is 31.2 Å². The first kappa shape index (κ1) is 23.6. The quantitative estimate of drug-likeness (QED) is 0.330. The van der Waals surface area contributed by atoms with Crippen molar-refractivity contribution in [2.24, 2.45) is 0 Å². The summed E-state index contributed by atoms with van der Waals surface area (Å²) in [4.78, 5) is 29.9. The maximum Gasteiger partial charge on any atom is 0.242 e. The fourth-order valence-corrected chi connectivity index (χ4v) is 4.66. The first-order valence-electron chi connectivity index (χ1n) is 10.3. The molecule has 0 radical (unpaired) electrons. The minimum Gasteiger partial charge on any atom is -0.439 e. The lowest BCUT2D eigenvalue weighted by Gasteiger charge is -2.08. The van der Waals surface area contributed by atoms with Gasteiger partial charge in [0.25, 0.3) is 0 Å². The van der Waals surface area contributed by atoms with E-state index in [1.165, 1.54) is 30.7 Å². The molecule has 1 aromatic carbocycles. The molecule has 0 saturated heterocycles. The van der Waals surface area contributed by atoms with Gasteiger partial charge in [-0.15, -0.1) is 11.3 Å². The molecule has 0 saturated carbocycles. The highest BCUT2D eigenvalue weighted by Gasteiger charge is 2.16. The normalized spacial score (nSPS) is 11.3. The number of hydrogen-bond acceptors (Lipinski definition) is 9. The van der Waals surface area contributed by atoms with Gasteiger partial charge in [0.1, 0.15) is 16.3 Å². The fourth-order valence-electron chi connectivity index (χ4n) is 2.92. The molecule has 4 aromatic rings. The number of Topliss-reactive ketones (excluding diaryl/α,β-unsaturated/α-hetero) is 1. The van der Waals surface area contributed by atoms with Crippen LogP contribution in [-0.2, 0) is 23.0 Å². The lowest BCUT2D eigenvalue weighted by Crippen LogP contribution is -2.24. The van der Waals surface area contributed by atoms with Crippen LogP contribution in [0.4, 0.5) is 0 Å². The third-order valence-electron chi connectivity index (χ3n) is 4.69. The molecule has 11 heteroatoms. The fraction of sp³-hybridized carbons (Fsp3) is 0.174. The highest BCUT2D eigenvalue weighted by molar-refractivity contribution is 7.89. The number of sulfonamides is 1. The Bertz CT molecular complexity index is 1360. The number of hydrogen-bond donors (Lipinski definition) is 1. The van der Waals surface area contributed by atoms with Crippen LogP contribution in [0.2, 0.25) is 0 Å². The highest BCUT2D eigenvalue weighted by Crippen LogP contribution is 2.20. The second-order valence-corrected chi connectivity index (χ2v) is 10.3. The number of pyridine rings is 1. The standard InChI is InChI=1S/C23H21N5O4S2/c1-16-24-13-19(33-16)7-9-22(29)21-15-25-17(11-26-21)12-28-34(30,31)20-8-10-23(27-14-20)32-18-5-3-2-4-6-18/h2-6,8,10-11,13-15,28H,7,9,12H2,1H3. The molecule has 0 bridgehead atoms. The summed E-state index contributed by atoms with van der Waals surface area (Å²) in [5, 5.41) is 0.960. The molecular weight excluding hydrogens is 474 g/mol. The van der Waals surface area contributed by atoms with Crippen LogP contribution in [-0.4, -0.2) is 34.1 Å². The highest BCUT2D eigenvalue weighted by atomic mass is 32.2. The molecule has 3 aromatic heterocycles. The monoisotopic (exact) mass is 495 g/mol. The number of thiazole rings is 1. The van der Waals surface area contributed by atoms with Gasteiger partial charge in [0, 0.05) is 23.6 Å². The van der Waals surface area contributed by atoms with Crippen molar-refractivity contribution < 1.29 is 17.9 Å². The molecule has 4 rings (SSSR count). The largest absolute Gasteiger partial charge is 0.439 e. The van der Waals surface area contributed by atoms with Crippen LogP contribution in [0.3, 0.4) is 0 Å². The van der Waals surface area contributed by atoms with Crippen LogP contribution in [0.15, 0.2) is 72.1 Å².